The minimum atomic E-state index is -0.0769. The second-order valence-corrected chi connectivity index (χ2v) is 5.89. The molecule has 1 aromatic rings. The molecule has 2 aliphatic heterocycles. The van der Waals surface area contributed by atoms with Crippen LogP contribution in [-0.2, 0) is 4.74 Å². The molecule has 2 saturated heterocycles. The van der Waals surface area contributed by atoms with Gasteiger partial charge in [-0.3, -0.25) is 4.79 Å². The smallest absolute Gasteiger partial charge is 0.252 e. The lowest BCUT2D eigenvalue weighted by Crippen LogP contribution is -2.41. The minimum absolute atomic E-state index is 0.0769. The van der Waals surface area contributed by atoms with E-state index in [1.807, 2.05) is 12.1 Å². The largest absolute Gasteiger partial charge is 0.497 e. The van der Waals surface area contributed by atoms with Crippen molar-refractivity contribution >= 4 is 21.8 Å². The van der Waals surface area contributed by atoms with Crippen molar-refractivity contribution in [3.63, 3.8) is 0 Å². The highest BCUT2D eigenvalue weighted by Crippen LogP contribution is 2.34. The van der Waals surface area contributed by atoms with Gasteiger partial charge in [0.25, 0.3) is 5.91 Å². The van der Waals surface area contributed by atoms with E-state index in [9.17, 15) is 4.79 Å². The lowest BCUT2D eigenvalue weighted by atomic mass is 9.95. The number of fused-ring (bicyclic) bond motifs is 2. The van der Waals surface area contributed by atoms with E-state index in [0.29, 0.717) is 17.4 Å². The lowest BCUT2D eigenvalue weighted by Gasteiger charge is -2.20. The zero-order chi connectivity index (χ0) is 13.4. The second kappa shape index (κ2) is 5.13. The fourth-order valence-electron chi connectivity index (χ4n) is 2.84. The first-order valence-corrected chi connectivity index (χ1v) is 7.26. The first-order chi connectivity index (χ1) is 9.17. The van der Waals surface area contributed by atoms with E-state index in [-0.39, 0.29) is 18.1 Å². The molecule has 5 heteroatoms. The molecule has 2 aliphatic rings. The van der Waals surface area contributed by atoms with E-state index >= 15 is 0 Å². The highest BCUT2D eigenvalue weighted by Gasteiger charge is 2.41. The third kappa shape index (κ3) is 2.49. The summed E-state index contributed by atoms with van der Waals surface area (Å²) in [5.41, 5.74) is 0.599. The first kappa shape index (κ1) is 12.9. The van der Waals surface area contributed by atoms with Gasteiger partial charge in [0.15, 0.2) is 0 Å². The van der Waals surface area contributed by atoms with Crippen LogP contribution in [0, 0.1) is 0 Å². The van der Waals surface area contributed by atoms with Crippen LogP contribution < -0.4 is 10.1 Å². The van der Waals surface area contributed by atoms with Gasteiger partial charge in [-0.2, -0.15) is 0 Å². The maximum atomic E-state index is 12.3. The molecule has 0 radical (unpaired) electrons. The molecular weight excluding hydrogens is 310 g/mol. The number of benzene rings is 1. The Morgan fingerprint density at radius 2 is 2.32 bits per heavy atom. The molecule has 3 atom stereocenters. The van der Waals surface area contributed by atoms with Crippen LogP contribution in [0.25, 0.3) is 0 Å². The molecule has 4 nitrogen and oxygen atoms in total. The fraction of sp³-hybridized carbons (Fsp3) is 0.500. The summed E-state index contributed by atoms with van der Waals surface area (Å²) in [6, 6.07) is 5.53. The van der Waals surface area contributed by atoms with E-state index < -0.39 is 0 Å². The zero-order valence-corrected chi connectivity index (χ0v) is 12.3. The van der Waals surface area contributed by atoms with Gasteiger partial charge in [-0.25, -0.2) is 0 Å². The van der Waals surface area contributed by atoms with E-state index in [2.05, 4.69) is 21.2 Å². The topological polar surface area (TPSA) is 47.6 Å². The normalized spacial score (nSPS) is 28.4. The predicted molar refractivity (Wildman–Crippen MR) is 74.5 cm³/mol. The molecule has 102 valence electrons. The number of hydrogen-bond donors (Lipinski definition) is 1. The number of carbonyl (C=O) groups excluding carboxylic acids is 1. The van der Waals surface area contributed by atoms with Gasteiger partial charge < -0.3 is 14.8 Å². The Balaban J connectivity index is 1.73. The Hall–Kier alpha value is -1.07. The van der Waals surface area contributed by atoms with Crippen molar-refractivity contribution in [1.82, 2.24) is 5.32 Å². The molecule has 3 rings (SSSR count). The van der Waals surface area contributed by atoms with E-state index in [0.717, 1.165) is 23.7 Å². The quantitative estimate of drug-likeness (QED) is 0.928. The molecule has 1 N–H and O–H groups in total. The number of methoxy groups -OCH3 is 1. The van der Waals surface area contributed by atoms with Gasteiger partial charge in [0.2, 0.25) is 0 Å². The molecule has 2 heterocycles. The molecule has 1 amide bonds. The number of carbonyl (C=O) groups is 1. The Kier molecular flexibility index (Phi) is 3.50. The maximum Gasteiger partial charge on any atom is 0.252 e. The van der Waals surface area contributed by atoms with Crippen LogP contribution in [0.15, 0.2) is 22.7 Å². The van der Waals surface area contributed by atoms with Crippen LogP contribution in [0.4, 0.5) is 0 Å². The van der Waals surface area contributed by atoms with Crippen LogP contribution in [0.1, 0.15) is 29.6 Å². The molecule has 0 aromatic heterocycles. The van der Waals surface area contributed by atoms with Crippen LogP contribution in [0.5, 0.6) is 5.75 Å². The van der Waals surface area contributed by atoms with Crippen LogP contribution >= 0.6 is 15.9 Å². The van der Waals surface area contributed by atoms with Crippen molar-refractivity contribution in [2.75, 3.05) is 7.11 Å². The number of amides is 1. The van der Waals surface area contributed by atoms with Crippen LogP contribution in [0.3, 0.4) is 0 Å². The number of hydrogen-bond acceptors (Lipinski definition) is 3. The molecule has 3 unspecified atom stereocenters. The third-order valence-electron chi connectivity index (χ3n) is 3.84. The average molecular weight is 326 g/mol. The van der Waals surface area contributed by atoms with Crippen molar-refractivity contribution in [2.24, 2.45) is 0 Å². The van der Waals surface area contributed by atoms with Crippen molar-refractivity contribution < 1.29 is 14.3 Å². The molecule has 0 aliphatic carbocycles. The summed E-state index contributed by atoms with van der Waals surface area (Å²) >= 11 is 3.40. The first-order valence-electron chi connectivity index (χ1n) is 6.47. The van der Waals surface area contributed by atoms with E-state index in [1.54, 1.807) is 13.2 Å². The molecule has 0 saturated carbocycles. The maximum absolute atomic E-state index is 12.3. The fourth-order valence-corrected chi connectivity index (χ4v) is 3.27. The summed E-state index contributed by atoms with van der Waals surface area (Å²) in [6.45, 7) is 0. The SMILES string of the molecule is COc1ccc(Br)c(C(=O)NC2CC3CCC2O3)c1. The van der Waals surface area contributed by atoms with Gasteiger partial charge in [0.05, 0.1) is 30.9 Å². The second-order valence-electron chi connectivity index (χ2n) is 5.04. The standard InChI is InChI=1S/C14H16BrNO3/c1-18-8-2-4-11(15)10(6-8)14(17)16-12-7-9-3-5-13(12)19-9/h2,4,6,9,12-13H,3,5,7H2,1H3,(H,16,17). The Bertz CT molecular complexity index is 505. The van der Waals surface area contributed by atoms with Gasteiger partial charge in [0.1, 0.15) is 5.75 Å². The summed E-state index contributed by atoms with van der Waals surface area (Å²) in [5.74, 6) is 0.601. The van der Waals surface area contributed by atoms with Crippen LogP contribution in [0.2, 0.25) is 0 Å². The van der Waals surface area contributed by atoms with Gasteiger partial charge in [-0.15, -0.1) is 0 Å². The number of halogens is 1. The molecular formula is C14H16BrNO3. The molecule has 2 fully saturated rings. The van der Waals surface area contributed by atoms with Gasteiger partial charge >= 0.3 is 0 Å². The monoisotopic (exact) mass is 325 g/mol. The Morgan fingerprint density at radius 3 is 2.95 bits per heavy atom. The van der Waals surface area contributed by atoms with Crippen LogP contribution in [-0.4, -0.2) is 31.3 Å². The van der Waals surface area contributed by atoms with Crippen molar-refractivity contribution in [2.45, 2.75) is 37.5 Å². The lowest BCUT2D eigenvalue weighted by molar-refractivity contribution is 0.0840. The van der Waals surface area contributed by atoms with Gasteiger partial charge in [-0.1, -0.05) is 0 Å². The molecule has 19 heavy (non-hydrogen) atoms. The molecule has 2 bridgehead atoms. The summed E-state index contributed by atoms with van der Waals surface area (Å²) in [5, 5.41) is 3.07. The Morgan fingerprint density at radius 1 is 1.47 bits per heavy atom. The predicted octanol–water partition coefficient (Wildman–Crippen LogP) is 2.51. The number of rotatable bonds is 3. The summed E-state index contributed by atoms with van der Waals surface area (Å²) < 4.78 is 11.7. The van der Waals surface area contributed by atoms with Crippen molar-refractivity contribution in [3.8, 4) is 5.75 Å². The summed E-state index contributed by atoms with van der Waals surface area (Å²) in [7, 11) is 1.59. The summed E-state index contributed by atoms with van der Waals surface area (Å²) in [4.78, 5) is 12.3. The zero-order valence-electron chi connectivity index (χ0n) is 10.7. The summed E-state index contributed by atoms with van der Waals surface area (Å²) in [6.07, 6.45) is 3.63. The average Bonchev–Trinajstić information content (AvgIpc) is 3.01. The minimum Gasteiger partial charge on any atom is -0.497 e. The van der Waals surface area contributed by atoms with Crippen molar-refractivity contribution in [1.29, 1.82) is 0 Å². The van der Waals surface area contributed by atoms with E-state index in [1.165, 1.54) is 0 Å². The highest BCUT2D eigenvalue weighted by atomic mass is 79.9. The number of ether oxygens (including phenoxy) is 2. The third-order valence-corrected chi connectivity index (χ3v) is 4.53. The molecule has 1 aromatic carbocycles. The highest BCUT2D eigenvalue weighted by molar-refractivity contribution is 9.10. The van der Waals surface area contributed by atoms with Gasteiger partial charge in [0, 0.05) is 4.47 Å². The molecule has 0 spiro atoms. The van der Waals surface area contributed by atoms with E-state index in [4.69, 9.17) is 9.47 Å². The van der Waals surface area contributed by atoms with Gasteiger partial charge in [-0.05, 0) is 53.4 Å². The van der Waals surface area contributed by atoms with Crippen molar-refractivity contribution in [3.05, 3.63) is 28.2 Å². The Labute approximate surface area is 120 Å². The number of nitrogens with one attached hydrogen (secondary N) is 1.